The second-order valence-electron chi connectivity index (χ2n) is 4.05. The lowest BCUT2D eigenvalue weighted by molar-refractivity contribution is -0.141. The van der Waals surface area contributed by atoms with Crippen molar-refractivity contribution in [1.82, 2.24) is 9.55 Å². The highest BCUT2D eigenvalue weighted by Crippen LogP contribution is 2.11. The first-order valence-electron chi connectivity index (χ1n) is 5.84. The van der Waals surface area contributed by atoms with Crippen LogP contribution in [0.3, 0.4) is 0 Å². The minimum atomic E-state index is -0.843. The predicted octanol–water partition coefficient (Wildman–Crippen LogP) is -0.622. The molecule has 2 heterocycles. The van der Waals surface area contributed by atoms with Gasteiger partial charge in [0.1, 0.15) is 11.9 Å². The Balaban J connectivity index is 2.91. The van der Waals surface area contributed by atoms with Gasteiger partial charge in [-0.1, -0.05) is 6.92 Å². The van der Waals surface area contributed by atoms with Crippen LogP contribution < -0.4 is 16.9 Å². The number of aromatic amines is 1. The number of H-pyrrole nitrogens is 1. The molecule has 0 bridgehead atoms. The number of carbonyl (C=O) groups is 1. The maximum atomic E-state index is 11.9. The highest BCUT2D eigenvalue weighted by atomic mass is 16.5. The van der Waals surface area contributed by atoms with Crippen LogP contribution in [0.2, 0.25) is 0 Å². The van der Waals surface area contributed by atoms with Gasteiger partial charge in [0.05, 0.1) is 7.11 Å². The standard InChI is InChI=1S/C12H12N2O6/c1-3-6-4-7(15)20-11-9(6)10(17)13-12(18)14(11)5-8(16)19-2/h4H,3,5H2,1-2H3,(H,13,17,18). The molecule has 0 unspecified atom stereocenters. The van der Waals surface area contributed by atoms with E-state index in [-0.39, 0.29) is 11.1 Å². The molecule has 0 aliphatic carbocycles. The van der Waals surface area contributed by atoms with Crippen molar-refractivity contribution < 1.29 is 13.9 Å². The van der Waals surface area contributed by atoms with E-state index in [9.17, 15) is 19.2 Å². The van der Waals surface area contributed by atoms with Gasteiger partial charge in [0.25, 0.3) is 5.56 Å². The normalized spacial score (nSPS) is 10.7. The number of fused-ring (bicyclic) bond motifs is 1. The zero-order valence-corrected chi connectivity index (χ0v) is 10.9. The molecule has 0 fully saturated rings. The van der Waals surface area contributed by atoms with Gasteiger partial charge >= 0.3 is 17.3 Å². The largest absolute Gasteiger partial charge is 0.468 e. The Bertz CT molecular complexity index is 842. The molecule has 0 aliphatic rings. The van der Waals surface area contributed by atoms with E-state index in [2.05, 4.69) is 9.72 Å². The van der Waals surface area contributed by atoms with Gasteiger partial charge in [-0.3, -0.25) is 19.1 Å². The molecule has 0 amide bonds. The number of methoxy groups -OCH3 is 1. The third kappa shape index (κ3) is 2.27. The molecule has 0 saturated heterocycles. The van der Waals surface area contributed by atoms with Gasteiger partial charge in [-0.15, -0.1) is 0 Å². The lowest BCUT2D eigenvalue weighted by Gasteiger charge is -2.08. The highest BCUT2D eigenvalue weighted by molar-refractivity contribution is 5.78. The Labute approximate surface area is 111 Å². The average molecular weight is 280 g/mol. The van der Waals surface area contributed by atoms with E-state index in [0.717, 1.165) is 11.7 Å². The molecule has 0 spiro atoms. The van der Waals surface area contributed by atoms with E-state index in [4.69, 9.17) is 4.42 Å². The van der Waals surface area contributed by atoms with Crippen LogP contribution in [-0.2, 0) is 22.5 Å². The molecular weight excluding hydrogens is 268 g/mol. The van der Waals surface area contributed by atoms with Crippen LogP contribution in [0.1, 0.15) is 12.5 Å². The summed E-state index contributed by atoms with van der Waals surface area (Å²) >= 11 is 0. The Morgan fingerprint density at radius 1 is 1.40 bits per heavy atom. The maximum absolute atomic E-state index is 11.9. The van der Waals surface area contributed by atoms with E-state index in [1.165, 1.54) is 6.07 Å². The lowest BCUT2D eigenvalue weighted by Crippen LogP contribution is -2.33. The molecule has 0 aromatic carbocycles. The topological polar surface area (TPSA) is 111 Å². The van der Waals surface area contributed by atoms with E-state index in [1.807, 2.05) is 0 Å². The third-order valence-corrected chi connectivity index (χ3v) is 2.86. The first-order chi connectivity index (χ1) is 9.47. The van der Waals surface area contributed by atoms with Gasteiger partial charge in [0.15, 0.2) is 0 Å². The molecular formula is C12H12N2O6. The SMILES string of the molecule is CCc1cc(=O)oc2c1c(=O)[nH]c(=O)n2CC(=O)OC. The number of aryl methyl sites for hydroxylation is 1. The van der Waals surface area contributed by atoms with E-state index >= 15 is 0 Å². The number of rotatable bonds is 3. The quantitative estimate of drug-likeness (QED) is 0.750. The number of nitrogens with zero attached hydrogens (tertiary/aromatic N) is 1. The van der Waals surface area contributed by atoms with Crippen molar-refractivity contribution in [3.63, 3.8) is 0 Å². The van der Waals surface area contributed by atoms with Crippen LogP contribution in [0.25, 0.3) is 11.1 Å². The minimum Gasteiger partial charge on any atom is -0.468 e. The average Bonchev–Trinajstić information content (AvgIpc) is 2.41. The molecule has 0 aliphatic heterocycles. The van der Waals surface area contributed by atoms with Crippen molar-refractivity contribution >= 4 is 17.1 Å². The molecule has 106 valence electrons. The molecule has 0 saturated carbocycles. The number of nitrogens with one attached hydrogen (secondary N) is 1. The molecule has 2 aromatic heterocycles. The van der Waals surface area contributed by atoms with Crippen molar-refractivity contribution in [3.8, 4) is 0 Å². The molecule has 2 rings (SSSR count). The van der Waals surface area contributed by atoms with Crippen molar-refractivity contribution in [2.24, 2.45) is 0 Å². The molecule has 2 aromatic rings. The van der Waals surface area contributed by atoms with Crippen LogP contribution in [0.5, 0.6) is 0 Å². The fraction of sp³-hybridized carbons (Fsp3) is 0.333. The fourth-order valence-electron chi connectivity index (χ4n) is 1.90. The molecule has 20 heavy (non-hydrogen) atoms. The second kappa shape index (κ2) is 5.16. The Morgan fingerprint density at radius 2 is 2.10 bits per heavy atom. The molecule has 8 nitrogen and oxygen atoms in total. The fourth-order valence-corrected chi connectivity index (χ4v) is 1.90. The number of hydrogen-bond acceptors (Lipinski definition) is 6. The monoisotopic (exact) mass is 280 g/mol. The summed E-state index contributed by atoms with van der Waals surface area (Å²) < 4.78 is 10.3. The number of aromatic nitrogens is 2. The minimum absolute atomic E-state index is 0.0793. The summed E-state index contributed by atoms with van der Waals surface area (Å²) in [7, 11) is 1.16. The van der Waals surface area contributed by atoms with Gasteiger partial charge in [0, 0.05) is 6.07 Å². The van der Waals surface area contributed by atoms with Gasteiger partial charge in [-0.2, -0.15) is 0 Å². The van der Waals surface area contributed by atoms with Gasteiger partial charge in [-0.25, -0.2) is 9.59 Å². The summed E-state index contributed by atoms with van der Waals surface area (Å²) in [6.45, 7) is 1.29. The highest BCUT2D eigenvalue weighted by Gasteiger charge is 2.16. The molecule has 0 radical (unpaired) electrons. The van der Waals surface area contributed by atoms with E-state index < -0.39 is 29.4 Å². The van der Waals surface area contributed by atoms with Crippen molar-refractivity contribution in [3.05, 3.63) is 42.9 Å². The van der Waals surface area contributed by atoms with Crippen LogP contribution in [-0.4, -0.2) is 22.6 Å². The second-order valence-corrected chi connectivity index (χ2v) is 4.05. The van der Waals surface area contributed by atoms with Gasteiger partial charge in [0.2, 0.25) is 5.71 Å². The molecule has 0 atom stereocenters. The number of carbonyl (C=O) groups excluding carboxylic acids is 1. The summed E-state index contributed by atoms with van der Waals surface area (Å²) in [5.74, 6) is -0.704. The lowest BCUT2D eigenvalue weighted by atomic mass is 10.1. The van der Waals surface area contributed by atoms with Crippen LogP contribution in [0, 0.1) is 0 Å². The van der Waals surface area contributed by atoms with E-state index in [0.29, 0.717) is 12.0 Å². The zero-order chi connectivity index (χ0) is 14.9. The first kappa shape index (κ1) is 13.8. The maximum Gasteiger partial charge on any atom is 0.337 e. The Kier molecular flexibility index (Phi) is 3.55. The smallest absolute Gasteiger partial charge is 0.337 e. The zero-order valence-electron chi connectivity index (χ0n) is 10.9. The van der Waals surface area contributed by atoms with E-state index in [1.54, 1.807) is 6.92 Å². The van der Waals surface area contributed by atoms with Crippen LogP contribution in [0.4, 0.5) is 0 Å². The van der Waals surface area contributed by atoms with Crippen molar-refractivity contribution in [1.29, 1.82) is 0 Å². The number of esters is 1. The Hall–Kier alpha value is -2.64. The van der Waals surface area contributed by atoms with Gasteiger partial charge in [-0.05, 0) is 12.0 Å². The predicted molar refractivity (Wildman–Crippen MR) is 68.8 cm³/mol. The number of hydrogen-bond donors (Lipinski definition) is 1. The van der Waals surface area contributed by atoms with Crippen molar-refractivity contribution in [2.45, 2.75) is 19.9 Å². The summed E-state index contributed by atoms with van der Waals surface area (Å²) in [6.07, 6.45) is 0.404. The molecule has 1 N–H and O–H groups in total. The van der Waals surface area contributed by atoms with Gasteiger partial charge < -0.3 is 9.15 Å². The molecule has 8 heteroatoms. The first-order valence-corrected chi connectivity index (χ1v) is 5.84. The van der Waals surface area contributed by atoms with Crippen molar-refractivity contribution in [2.75, 3.05) is 7.11 Å². The summed E-state index contributed by atoms with van der Waals surface area (Å²) in [4.78, 5) is 48.5. The number of ether oxygens (including phenoxy) is 1. The van der Waals surface area contributed by atoms with Crippen LogP contribution >= 0.6 is 0 Å². The summed E-state index contributed by atoms with van der Waals surface area (Å²) in [6, 6.07) is 1.19. The third-order valence-electron chi connectivity index (χ3n) is 2.86. The summed E-state index contributed by atoms with van der Waals surface area (Å²) in [5, 5.41) is 0.0793. The Morgan fingerprint density at radius 3 is 2.70 bits per heavy atom. The van der Waals surface area contributed by atoms with Crippen LogP contribution in [0.15, 0.2) is 24.9 Å². The summed E-state index contributed by atoms with van der Waals surface area (Å²) in [5.41, 5.74) is -1.99.